The predicted octanol–water partition coefficient (Wildman–Crippen LogP) is 2.50. The summed E-state index contributed by atoms with van der Waals surface area (Å²) in [6.07, 6.45) is 0.550. The molecule has 0 aliphatic carbocycles. The van der Waals surface area contributed by atoms with Gasteiger partial charge in [0.25, 0.3) is 0 Å². The Kier molecular flexibility index (Phi) is 3.65. The van der Waals surface area contributed by atoms with Crippen molar-refractivity contribution in [3.05, 3.63) is 30.0 Å². The Labute approximate surface area is 84.6 Å². The summed E-state index contributed by atoms with van der Waals surface area (Å²) in [5.41, 5.74) is 0.455. The van der Waals surface area contributed by atoms with Gasteiger partial charge in [-0.25, -0.2) is 9.97 Å². The van der Waals surface area contributed by atoms with Crippen molar-refractivity contribution in [1.29, 1.82) is 0 Å². The van der Waals surface area contributed by atoms with Crippen molar-refractivity contribution >= 4 is 6.08 Å². The fraction of sp³-hybridized carbons (Fsp3) is 0.333. The SMILES string of the molecule is CCO/C=C/c1cnc(C(F)(F)F)nc1. The van der Waals surface area contributed by atoms with Crippen LogP contribution >= 0.6 is 0 Å². The van der Waals surface area contributed by atoms with E-state index in [1.807, 2.05) is 0 Å². The predicted molar refractivity (Wildman–Crippen MR) is 47.7 cm³/mol. The minimum Gasteiger partial charge on any atom is -0.501 e. The molecule has 0 spiro atoms. The highest BCUT2D eigenvalue weighted by atomic mass is 19.4. The summed E-state index contributed by atoms with van der Waals surface area (Å²) in [6.45, 7) is 2.30. The number of rotatable bonds is 3. The second-order valence-corrected chi connectivity index (χ2v) is 2.60. The zero-order chi connectivity index (χ0) is 11.3. The van der Waals surface area contributed by atoms with Gasteiger partial charge >= 0.3 is 6.18 Å². The summed E-state index contributed by atoms with van der Waals surface area (Å²) < 4.78 is 41.1. The third-order valence-corrected chi connectivity index (χ3v) is 1.45. The Hall–Kier alpha value is -1.59. The summed E-state index contributed by atoms with van der Waals surface area (Å²) >= 11 is 0. The highest BCUT2D eigenvalue weighted by Crippen LogP contribution is 2.25. The maximum Gasteiger partial charge on any atom is 0.451 e. The molecule has 3 nitrogen and oxygen atoms in total. The molecule has 0 fully saturated rings. The molecule has 82 valence electrons. The van der Waals surface area contributed by atoms with Gasteiger partial charge < -0.3 is 4.74 Å². The topological polar surface area (TPSA) is 35.0 Å². The lowest BCUT2D eigenvalue weighted by atomic mass is 10.3. The van der Waals surface area contributed by atoms with Gasteiger partial charge in [0, 0.05) is 18.0 Å². The summed E-state index contributed by atoms with van der Waals surface area (Å²) in [5.74, 6) is -1.14. The van der Waals surface area contributed by atoms with Crippen LogP contribution in [0, 0.1) is 0 Å². The van der Waals surface area contributed by atoms with Crippen LogP contribution in [0.1, 0.15) is 18.3 Å². The van der Waals surface area contributed by atoms with Crippen LogP contribution in [0.15, 0.2) is 18.7 Å². The molecule has 0 saturated carbocycles. The van der Waals surface area contributed by atoms with Gasteiger partial charge in [0.2, 0.25) is 5.82 Å². The average molecular weight is 218 g/mol. The molecule has 0 aliphatic heterocycles. The van der Waals surface area contributed by atoms with E-state index in [4.69, 9.17) is 4.74 Å². The van der Waals surface area contributed by atoms with Crippen molar-refractivity contribution < 1.29 is 17.9 Å². The molecule has 1 rings (SSSR count). The van der Waals surface area contributed by atoms with E-state index in [9.17, 15) is 13.2 Å². The second-order valence-electron chi connectivity index (χ2n) is 2.60. The van der Waals surface area contributed by atoms with Crippen LogP contribution in [0.2, 0.25) is 0 Å². The summed E-state index contributed by atoms with van der Waals surface area (Å²) in [6, 6.07) is 0. The van der Waals surface area contributed by atoms with E-state index in [0.29, 0.717) is 12.2 Å². The normalized spacial score (nSPS) is 12.0. The molecule has 0 N–H and O–H groups in total. The fourth-order valence-electron chi connectivity index (χ4n) is 0.793. The fourth-order valence-corrected chi connectivity index (χ4v) is 0.793. The first-order chi connectivity index (χ1) is 7.04. The van der Waals surface area contributed by atoms with Crippen LogP contribution in [-0.4, -0.2) is 16.6 Å². The highest BCUT2D eigenvalue weighted by molar-refractivity contribution is 5.44. The van der Waals surface area contributed by atoms with Crippen LogP contribution < -0.4 is 0 Å². The van der Waals surface area contributed by atoms with Crippen molar-refractivity contribution in [2.24, 2.45) is 0 Å². The zero-order valence-corrected chi connectivity index (χ0v) is 7.95. The van der Waals surface area contributed by atoms with E-state index in [1.165, 1.54) is 12.3 Å². The van der Waals surface area contributed by atoms with Crippen molar-refractivity contribution in [2.45, 2.75) is 13.1 Å². The molecular weight excluding hydrogens is 209 g/mol. The third kappa shape index (κ3) is 3.57. The van der Waals surface area contributed by atoms with Gasteiger partial charge in [-0.3, -0.25) is 0 Å². The first kappa shape index (κ1) is 11.5. The largest absolute Gasteiger partial charge is 0.501 e. The van der Waals surface area contributed by atoms with E-state index in [2.05, 4.69) is 9.97 Å². The molecule has 0 amide bonds. The number of ether oxygens (including phenoxy) is 1. The molecule has 1 aromatic rings. The van der Waals surface area contributed by atoms with E-state index in [0.717, 1.165) is 12.4 Å². The molecule has 1 heterocycles. The molecule has 6 heteroatoms. The van der Waals surface area contributed by atoms with Crippen LogP contribution in [-0.2, 0) is 10.9 Å². The van der Waals surface area contributed by atoms with Crippen molar-refractivity contribution in [2.75, 3.05) is 6.61 Å². The van der Waals surface area contributed by atoms with Gasteiger partial charge in [-0.05, 0) is 13.0 Å². The lowest BCUT2D eigenvalue weighted by molar-refractivity contribution is -0.145. The maximum absolute atomic E-state index is 12.1. The van der Waals surface area contributed by atoms with Gasteiger partial charge in [-0.2, -0.15) is 13.2 Å². The van der Waals surface area contributed by atoms with Crippen LogP contribution in [0.3, 0.4) is 0 Å². The van der Waals surface area contributed by atoms with Crippen LogP contribution in [0.25, 0.3) is 6.08 Å². The van der Waals surface area contributed by atoms with Gasteiger partial charge in [0.15, 0.2) is 0 Å². The maximum atomic E-state index is 12.1. The molecular formula is C9H9F3N2O. The molecule has 0 radical (unpaired) electrons. The Morgan fingerprint density at radius 3 is 2.40 bits per heavy atom. The van der Waals surface area contributed by atoms with Gasteiger partial charge in [-0.15, -0.1) is 0 Å². The highest BCUT2D eigenvalue weighted by Gasteiger charge is 2.34. The molecule has 0 aliphatic rings. The number of nitrogens with zero attached hydrogens (tertiary/aromatic N) is 2. The number of hydrogen-bond acceptors (Lipinski definition) is 3. The number of halogens is 3. The number of alkyl halides is 3. The Bertz CT molecular complexity index is 332. The number of hydrogen-bond donors (Lipinski definition) is 0. The Balaban J connectivity index is 2.73. The first-order valence-electron chi connectivity index (χ1n) is 4.21. The lowest BCUT2D eigenvalue weighted by Crippen LogP contribution is -2.10. The molecule has 0 aromatic carbocycles. The quantitative estimate of drug-likeness (QED) is 0.731. The lowest BCUT2D eigenvalue weighted by Gasteiger charge is -2.03. The number of aromatic nitrogens is 2. The Morgan fingerprint density at radius 2 is 1.93 bits per heavy atom. The molecule has 0 bridgehead atoms. The average Bonchev–Trinajstić information content (AvgIpc) is 2.18. The summed E-state index contributed by atoms with van der Waals surface area (Å²) in [5, 5.41) is 0. The smallest absolute Gasteiger partial charge is 0.451 e. The van der Waals surface area contributed by atoms with Crippen molar-refractivity contribution in [3.8, 4) is 0 Å². The van der Waals surface area contributed by atoms with E-state index < -0.39 is 12.0 Å². The minimum absolute atomic E-state index is 0.455. The summed E-state index contributed by atoms with van der Waals surface area (Å²) in [4.78, 5) is 6.37. The van der Waals surface area contributed by atoms with E-state index in [-0.39, 0.29) is 0 Å². The van der Waals surface area contributed by atoms with Gasteiger partial charge in [-0.1, -0.05) is 0 Å². The van der Waals surface area contributed by atoms with Gasteiger partial charge in [0.1, 0.15) is 0 Å². The van der Waals surface area contributed by atoms with Crippen LogP contribution in [0.5, 0.6) is 0 Å². The monoisotopic (exact) mass is 218 g/mol. The molecule has 15 heavy (non-hydrogen) atoms. The molecule has 0 saturated heterocycles. The van der Waals surface area contributed by atoms with E-state index >= 15 is 0 Å². The third-order valence-electron chi connectivity index (χ3n) is 1.45. The van der Waals surface area contributed by atoms with Crippen LogP contribution in [0.4, 0.5) is 13.2 Å². The molecule has 1 aromatic heterocycles. The van der Waals surface area contributed by atoms with E-state index in [1.54, 1.807) is 6.92 Å². The Morgan fingerprint density at radius 1 is 1.33 bits per heavy atom. The zero-order valence-electron chi connectivity index (χ0n) is 7.95. The standard InChI is InChI=1S/C9H9F3N2O/c1-2-15-4-3-7-5-13-8(14-6-7)9(10,11)12/h3-6H,2H2,1H3/b4-3+. The van der Waals surface area contributed by atoms with Gasteiger partial charge in [0.05, 0.1) is 12.9 Å². The summed E-state index contributed by atoms with van der Waals surface area (Å²) in [7, 11) is 0. The van der Waals surface area contributed by atoms with Crippen molar-refractivity contribution in [3.63, 3.8) is 0 Å². The molecule has 0 atom stereocenters. The second kappa shape index (κ2) is 4.77. The molecule has 0 unspecified atom stereocenters. The minimum atomic E-state index is -4.50. The first-order valence-corrected chi connectivity index (χ1v) is 4.21. The van der Waals surface area contributed by atoms with Crippen molar-refractivity contribution in [1.82, 2.24) is 9.97 Å².